The average Bonchev–Trinajstić information content (AvgIpc) is 2.86. The molecule has 1 unspecified atom stereocenters. The molecule has 8 heteroatoms. The van der Waals surface area contributed by atoms with Crippen molar-refractivity contribution in [3.8, 4) is 0 Å². The average molecular weight is 308 g/mol. The third-order valence-electron chi connectivity index (χ3n) is 3.29. The molecule has 1 atom stereocenters. The molecule has 1 aromatic rings. The molecule has 20 heavy (non-hydrogen) atoms. The fourth-order valence-electron chi connectivity index (χ4n) is 2.32. The minimum atomic E-state index is -4.41. The van der Waals surface area contributed by atoms with E-state index in [1.807, 2.05) is 0 Å². The molecule has 0 spiro atoms. The lowest BCUT2D eigenvalue weighted by Crippen LogP contribution is -2.35. The zero-order valence-corrected chi connectivity index (χ0v) is 12.2. The van der Waals surface area contributed by atoms with Crippen LogP contribution in [-0.2, 0) is 6.18 Å². The predicted octanol–water partition coefficient (Wildman–Crippen LogP) is 3.09. The lowest BCUT2D eigenvalue weighted by Gasteiger charge is -2.29. The summed E-state index contributed by atoms with van der Waals surface area (Å²) in [5, 5.41) is 8.96. The van der Waals surface area contributed by atoms with Gasteiger partial charge in [-0.15, -0.1) is 10.2 Å². The summed E-state index contributed by atoms with van der Waals surface area (Å²) < 4.78 is 37.1. The van der Waals surface area contributed by atoms with Crippen LogP contribution in [0, 0.1) is 5.92 Å². The Morgan fingerprint density at radius 3 is 2.55 bits per heavy atom. The molecule has 0 aliphatic carbocycles. The summed E-state index contributed by atoms with van der Waals surface area (Å²) in [6.07, 6.45) is -0.623. The first-order valence-electron chi connectivity index (χ1n) is 6.82. The van der Waals surface area contributed by atoms with E-state index in [1.54, 1.807) is 0 Å². The molecule has 2 rings (SSSR count). The highest BCUT2D eigenvalue weighted by atomic mass is 32.1. The Kier molecular flexibility index (Phi) is 5.20. The highest BCUT2D eigenvalue weighted by Crippen LogP contribution is 2.32. The van der Waals surface area contributed by atoms with Crippen molar-refractivity contribution in [2.45, 2.75) is 32.4 Å². The maximum Gasteiger partial charge on any atom is 0.445 e. The number of alkyl halides is 3. The molecule has 0 bridgehead atoms. The van der Waals surface area contributed by atoms with E-state index < -0.39 is 11.2 Å². The number of piperidine rings is 1. The van der Waals surface area contributed by atoms with E-state index in [0.29, 0.717) is 23.8 Å². The third-order valence-corrected chi connectivity index (χ3v) is 4.21. The molecule has 1 aromatic heterocycles. The molecule has 0 radical (unpaired) electrons. The molecule has 4 nitrogen and oxygen atoms in total. The molecule has 1 aliphatic rings. The van der Waals surface area contributed by atoms with Gasteiger partial charge in [0, 0.05) is 13.1 Å². The maximum atomic E-state index is 12.4. The zero-order valence-electron chi connectivity index (χ0n) is 11.4. The summed E-state index contributed by atoms with van der Waals surface area (Å²) >= 11 is 0.556. The Labute approximate surface area is 120 Å². The highest BCUT2D eigenvalue weighted by molar-refractivity contribution is 7.15. The zero-order chi connectivity index (χ0) is 14.6. The number of hydrogen-bond acceptors (Lipinski definition) is 5. The Hall–Kier alpha value is -0.890. The number of hydrogen-bond donors (Lipinski definition) is 1. The van der Waals surface area contributed by atoms with Crippen LogP contribution in [0.1, 0.15) is 31.2 Å². The van der Waals surface area contributed by atoms with Gasteiger partial charge >= 0.3 is 6.18 Å². The van der Waals surface area contributed by atoms with Crippen LogP contribution in [0.2, 0.25) is 0 Å². The summed E-state index contributed by atoms with van der Waals surface area (Å²) in [5.74, 6) is 0.367. The fraction of sp³-hybridized carbons (Fsp3) is 0.833. The van der Waals surface area contributed by atoms with Crippen molar-refractivity contribution in [3.05, 3.63) is 5.01 Å². The minimum absolute atomic E-state index is 0.239. The summed E-state index contributed by atoms with van der Waals surface area (Å²) in [7, 11) is 0. The molecular weight excluding hydrogens is 289 g/mol. The van der Waals surface area contributed by atoms with Gasteiger partial charge in [-0.05, 0) is 31.8 Å². The van der Waals surface area contributed by atoms with Gasteiger partial charge in [0.25, 0.3) is 0 Å². The second kappa shape index (κ2) is 6.71. The Morgan fingerprint density at radius 2 is 1.95 bits per heavy atom. The van der Waals surface area contributed by atoms with Gasteiger partial charge in [0.2, 0.25) is 10.1 Å². The topological polar surface area (TPSA) is 41.1 Å². The largest absolute Gasteiger partial charge is 0.445 e. The molecule has 2 heterocycles. The molecule has 1 N–H and O–H groups in total. The molecule has 0 aromatic carbocycles. The van der Waals surface area contributed by atoms with Crippen LogP contribution in [0.4, 0.5) is 18.3 Å². The molecule has 114 valence electrons. The van der Waals surface area contributed by atoms with Gasteiger partial charge in [0.05, 0.1) is 0 Å². The van der Waals surface area contributed by atoms with Crippen molar-refractivity contribution < 1.29 is 13.2 Å². The number of halogens is 3. The standard InChI is InChI=1S/C12H19F3N4S/c1-9(8-19-5-3-2-4-6-19)7-16-11-18-17-10(20-11)12(13,14)15/h9H,2-8H2,1H3,(H,16,18). The van der Waals surface area contributed by atoms with Crippen LogP contribution in [-0.4, -0.2) is 41.3 Å². The van der Waals surface area contributed by atoms with Gasteiger partial charge in [-0.1, -0.05) is 24.7 Å². The van der Waals surface area contributed by atoms with E-state index in [4.69, 9.17) is 0 Å². The van der Waals surface area contributed by atoms with Gasteiger partial charge in [0.1, 0.15) is 0 Å². The van der Waals surface area contributed by atoms with Crippen molar-refractivity contribution >= 4 is 16.5 Å². The van der Waals surface area contributed by atoms with Crippen molar-refractivity contribution in [2.75, 3.05) is 31.5 Å². The molecule has 1 fully saturated rings. The van der Waals surface area contributed by atoms with Crippen LogP contribution in [0.25, 0.3) is 0 Å². The summed E-state index contributed by atoms with van der Waals surface area (Å²) in [5.41, 5.74) is 0. The van der Waals surface area contributed by atoms with Gasteiger partial charge < -0.3 is 10.2 Å². The lowest BCUT2D eigenvalue weighted by molar-refractivity contribution is -0.138. The monoisotopic (exact) mass is 308 g/mol. The molecule has 0 saturated carbocycles. The molecule has 0 amide bonds. The number of anilines is 1. The van der Waals surface area contributed by atoms with Crippen molar-refractivity contribution in [1.29, 1.82) is 0 Å². The number of nitrogens with zero attached hydrogens (tertiary/aromatic N) is 3. The quantitative estimate of drug-likeness (QED) is 0.907. The van der Waals surface area contributed by atoms with Gasteiger partial charge in [-0.2, -0.15) is 13.2 Å². The van der Waals surface area contributed by atoms with E-state index in [2.05, 4.69) is 27.3 Å². The van der Waals surface area contributed by atoms with Crippen LogP contribution in [0.15, 0.2) is 0 Å². The van der Waals surface area contributed by atoms with Crippen molar-refractivity contribution in [2.24, 2.45) is 5.92 Å². The first-order chi connectivity index (χ1) is 9.45. The summed E-state index contributed by atoms with van der Waals surface area (Å²) in [6.45, 7) is 5.93. The summed E-state index contributed by atoms with van der Waals surface area (Å²) in [6, 6.07) is 0. The first kappa shape index (κ1) is 15.5. The Bertz CT molecular complexity index is 415. The van der Waals surface area contributed by atoms with Gasteiger partial charge in [-0.3, -0.25) is 0 Å². The predicted molar refractivity (Wildman–Crippen MR) is 72.9 cm³/mol. The molecule has 1 saturated heterocycles. The second-order valence-corrected chi connectivity index (χ2v) is 6.23. The third kappa shape index (κ3) is 4.59. The number of aromatic nitrogens is 2. The fourth-order valence-corrected chi connectivity index (χ4v) is 2.94. The molecular formula is C12H19F3N4S. The van der Waals surface area contributed by atoms with Crippen molar-refractivity contribution in [1.82, 2.24) is 15.1 Å². The van der Waals surface area contributed by atoms with Crippen LogP contribution < -0.4 is 5.32 Å². The van der Waals surface area contributed by atoms with E-state index in [-0.39, 0.29) is 5.13 Å². The first-order valence-corrected chi connectivity index (χ1v) is 7.63. The van der Waals surface area contributed by atoms with E-state index in [0.717, 1.165) is 19.6 Å². The van der Waals surface area contributed by atoms with E-state index >= 15 is 0 Å². The van der Waals surface area contributed by atoms with Crippen LogP contribution in [0.5, 0.6) is 0 Å². The van der Waals surface area contributed by atoms with E-state index in [1.165, 1.54) is 19.3 Å². The second-order valence-electron chi connectivity index (χ2n) is 5.26. The Morgan fingerprint density at radius 1 is 1.25 bits per heavy atom. The minimum Gasteiger partial charge on any atom is -0.360 e. The summed E-state index contributed by atoms with van der Waals surface area (Å²) in [4.78, 5) is 2.41. The van der Waals surface area contributed by atoms with Crippen LogP contribution in [0.3, 0.4) is 0 Å². The SMILES string of the molecule is CC(CNc1nnc(C(F)(F)F)s1)CN1CCCCC1. The van der Waals surface area contributed by atoms with Crippen LogP contribution >= 0.6 is 11.3 Å². The normalized spacial score (nSPS) is 19.0. The maximum absolute atomic E-state index is 12.4. The van der Waals surface area contributed by atoms with Crippen molar-refractivity contribution in [3.63, 3.8) is 0 Å². The number of likely N-dealkylation sites (tertiary alicyclic amines) is 1. The lowest BCUT2D eigenvalue weighted by atomic mass is 10.1. The van der Waals surface area contributed by atoms with E-state index in [9.17, 15) is 13.2 Å². The number of nitrogens with one attached hydrogen (secondary N) is 1. The number of rotatable bonds is 5. The van der Waals surface area contributed by atoms with Gasteiger partial charge in [-0.25, -0.2) is 0 Å². The van der Waals surface area contributed by atoms with Gasteiger partial charge in [0.15, 0.2) is 0 Å². The smallest absolute Gasteiger partial charge is 0.360 e. The highest BCUT2D eigenvalue weighted by Gasteiger charge is 2.35. The Balaban J connectivity index is 1.75. The molecule has 1 aliphatic heterocycles.